The van der Waals surface area contributed by atoms with Gasteiger partial charge in [-0.25, -0.2) is 0 Å². The minimum atomic E-state index is 0.0107. The van der Waals surface area contributed by atoms with E-state index in [2.05, 4.69) is 5.32 Å². The van der Waals surface area contributed by atoms with Crippen LogP contribution in [0.4, 0.5) is 0 Å². The first kappa shape index (κ1) is 12.5. The number of carbonyl (C=O) groups is 1. The van der Waals surface area contributed by atoms with Gasteiger partial charge in [-0.2, -0.15) is 0 Å². The zero-order valence-electron chi connectivity index (χ0n) is 9.46. The van der Waals surface area contributed by atoms with Gasteiger partial charge in [0.2, 0.25) is 5.91 Å². The number of hydrogen-bond acceptors (Lipinski definition) is 3. The molecule has 1 rings (SSSR count). The molecule has 1 atom stereocenters. The lowest BCUT2D eigenvalue weighted by molar-refractivity contribution is -0.121. The molecule has 0 saturated heterocycles. The van der Waals surface area contributed by atoms with Gasteiger partial charge in [-0.05, 0) is 32.6 Å². The Kier molecular flexibility index (Phi) is 4.54. The molecule has 0 aromatic heterocycles. The summed E-state index contributed by atoms with van der Waals surface area (Å²) in [7, 11) is 0. The molecule has 1 aliphatic rings. The summed E-state index contributed by atoms with van der Waals surface area (Å²) in [6, 6.07) is 0.171. The van der Waals surface area contributed by atoms with Gasteiger partial charge in [0, 0.05) is 24.4 Å². The van der Waals surface area contributed by atoms with Crippen molar-refractivity contribution in [2.75, 3.05) is 13.2 Å². The Hall–Kier alpha value is -0.610. The summed E-state index contributed by atoms with van der Waals surface area (Å²) in [5, 5.41) is 11.9. The summed E-state index contributed by atoms with van der Waals surface area (Å²) in [6.07, 6.45) is 4.34. The van der Waals surface area contributed by atoms with Gasteiger partial charge in [0.15, 0.2) is 0 Å². The molecule has 0 aromatic carbocycles. The number of aliphatic hydroxyl groups excluding tert-OH is 1. The van der Waals surface area contributed by atoms with Crippen molar-refractivity contribution < 1.29 is 9.90 Å². The maximum absolute atomic E-state index is 11.4. The SMILES string of the molecule is CC(N)CCCC(=O)NCC1(CO)CC1. The van der Waals surface area contributed by atoms with Crippen molar-refractivity contribution in [3.05, 3.63) is 0 Å². The van der Waals surface area contributed by atoms with Crippen molar-refractivity contribution in [2.45, 2.75) is 45.1 Å². The molecule has 1 fully saturated rings. The molecular weight excluding hydrogens is 192 g/mol. The maximum Gasteiger partial charge on any atom is 0.220 e. The Morgan fingerprint density at radius 3 is 2.73 bits per heavy atom. The van der Waals surface area contributed by atoms with Gasteiger partial charge in [0.1, 0.15) is 0 Å². The van der Waals surface area contributed by atoms with E-state index in [9.17, 15) is 4.79 Å². The zero-order chi connectivity index (χ0) is 11.3. The first-order chi connectivity index (χ1) is 7.08. The van der Waals surface area contributed by atoms with E-state index >= 15 is 0 Å². The van der Waals surface area contributed by atoms with E-state index in [1.165, 1.54) is 0 Å². The molecule has 15 heavy (non-hydrogen) atoms. The Bertz CT molecular complexity index is 213. The van der Waals surface area contributed by atoms with Crippen LogP contribution in [0.25, 0.3) is 0 Å². The minimum Gasteiger partial charge on any atom is -0.396 e. The van der Waals surface area contributed by atoms with Crippen LogP contribution in [0, 0.1) is 5.41 Å². The first-order valence-electron chi connectivity index (χ1n) is 5.71. The second kappa shape index (κ2) is 5.47. The van der Waals surface area contributed by atoms with E-state index in [0.717, 1.165) is 25.7 Å². The van der Waals surface area contributed by atoms with Crippen LogP contribution in [0.2, 0.25) is 0 Å². The largest absolute Gasteiger partial charge is 0.396 e. The maximum atomic E-state index is 11.4. The van der Waals surface area contributed by atoms with Crippen LogP contribution in [-0.4, -0.2) is 30.2 Å². The molecule has 0 aliphatic heterocycles. The monoisotopic (exact) mass is 214 g/mol. The van der Waals surface area contributed by atoms with Crippen molar-refractivity contribution in [1.29, 1.82) is 0 Å². The van der Waals surface area contributed by atoms with Gasteiger partial charge in [-0.3, -0.25) is 4.79 Å². The Labute approximate surface area is 91.2 Å². The molecule has 1 saturated carbocycles. The van der Waals surface area contributed by atoms with Crippen molar-refractivity contribution in [1.82, 2.24) is 5.32 Å². The van der Waals surface area contributed by atoms with Crippen molar-refractivity contribution >= 4 is 5.91 Å². The standard InChI is InChI=1S/C11H22N2O2/c1-9(12)3-2-4-10(15)13-7-11(8-14)5-6-11/h9,14H,2-8,12H2,1H3,(H,13,15). The topological polar surface area (TPSA) is 75.4 Å². The van der Waals surface area contributed by atoms with E-state index in [0.29, 0.717) is 13.0 Å². The Morgan fingerprint density at radius 1 is 1.60 bits per heavy atom. The zero-order valence-corrected chi connectivity index (χ0v) is 9.46. The van der Waals surface area contributed by atoms with Gasteiger partial charge in [-0.15, -0.1) is 0 Å². The summed E-state index contributed by atoms with van der Waals surface area (Å²) >= 11 is 0. The van der Waals surface area contributed by atoms with E-state index in [4.69, 9.17) is 10.8 Å². The molecule has 1 amide bonds. The number of aliphatic hydroxyl groups is 1. The predicted octanol–water partition coefficient (Wildman–Crippen LogP) is 0.393. The molecule has 0 bridgehead atoms. The molecule has 1 unspecified atom stereocenters. The van der Waals surface area contributed by atoms with Crippen LogP contribution in [0.15, 0.2) is 0 Å². The summed E-state index contributed by atoms with van der Waals surface area (Å²) < 4.78 is 0. The molecular formula is C11H22N2O2. The second-order valence-corrected chi connectivity index (χ2v) is 4.80. The number of nitrogens with one attached hydrogen (secondary N) is 1. The average Bonchev–Trinajstić information content (AvgIpc) is 2.95. The molecule has 4 N–H and O–H groups in total. The highest BCUT2D eigenvalue weighted by Crippen LogP contribution is 2.44. The van der Waals surface area contributed by atoms with E-state index < -0.39 is 0 Å². The van der Waals surface area contributed by atoms with Crippen LogP contribution in [0.1, 0.15) is 39.0 Å². The smallest absolute Gasteiger partial charge is 0.220 e. The molecule has 0 spiro atoms. The van der Waals surface area contributed by atoms with Gasteiger partial charge in [-0.1, -0.05) is 0 Å². The Morgan fingerprint density at radius 2 is 2.27 bits per heavy atom. The van der Waals surface area contributed by atoms with E-state index in [1.54, 1.807) is 0 Å². The fourth-order valence-corrected chi connectivity index (χ4v) is 1.53. The summed E-state index contributed by atoms with van der Waals surface area (Å²) in [5.41, 5.74) is 5.60. The number of rotatable bonds is 7. The summed E-state index contributed by atoms with van der Waals surface area (Å²) in [5.74, 6) is 0.0791. The number of nitrogens with two attached hydrogens (primary N) is 1. The van der Waals surface area contributed by atoms with Crippen molar-refractivity contribution in [3.63, 3.8) is 0 Å². The number of hydrogen-bond donors (Lipinski definition) is 3. The highest BCUT2D eigenvalue weighted by Gasteiger charge is 2.41. The van der Waals surface area contributed by atoms with Crippen LogP contribution >= 0.6 is 0 Å². The highest BCUT2D eigenvalue weighted by molar-refractivity contribution is 5.75. The van der Waals surface area contributed by atoms with Crippen molar-refractivity contribution in [2.24, 2.45) is 11.1 Å². The first-order valence-corrected chi connectivity index (χ1v) is 5.71. The lowest BCUT2D eigenvalue weighted by atomic mass is 10.1. The quantitative estimate of drug-likeness (QED) is 0.574. The normalized spacial score (nSPS) is 19.7. The molecule has 0 radical (unpaired) electrons. The van der Waals surface area contributed by atoms with Crippen LogP contribution < -0.4 is 11.1 Å². The lowest BCUT2D eigenvalue weighted by Crippen LogP contribution is -2.31. The molecule has 0 aromatic rings. The lowest BCUT2D eigenvalue weighted by Gasteiger charge is -2.12. The van der Waals surface area contributed by atoms with Crippen molar-refractivity contribution in [3.8, 4) is 0 Å². The minimum absolute atomic E-state index is 0.0107. The third-order valence-corrected chi connectivity index (χ3v) is 3.02. The van der Waals surface area contributed by atoms with Gasteiger partial charge in [0.25, 0.3) is 0 Å². The third kappa shape index (κ3) is 4.62. The fraction of sp³-hybridized carbons (Fsp3) is 0.909. The average molecular weight is 214 g/mol. The van der Waals surface area contributed by atoms with Crippen LogP contribution in [-0.2, 0) is 4.79 Å². The highest BCUT2D eigenvalue weighted by atomic mass is 16.3. The Balaban J connectivity index is 2.04. The summed E-state index contributed by atoms with van der Waals surface area (Å²) in [4.78, 5) is 11.4. The number of amides is 1. The molecule has 1 aliphatic carbocycles. The van der Waals surface area contributed by atoms with Gasteiger partial charge < -0.3 is 16.2 Å². The fourth-order valence-electron chi connectivity index (χ4n) is 1.53. The van der Waals surface area contributed by atoms with E-state index in [1.807, 2.05) is 6.92 Å². The molecule has 0 heterocycles. The van der Waals surface area contributed by atoms with Gasteiger partial charge >= 0.3 is 0 Å². The van der Waals surface area contributed by atoms with E-state index in [-0.39, 0.29) is 24.0 Å². The molecule has 4 nitrogen and oxygen atoms in total. The third-order valence-electron chi connectivity index (χ3n) is 3.02. The number of carbonyl (C=O) groups excluding carboxylic acids is 1. The molecule has 88 valence electrons. The van der Waals surface area contributed by atoms with Crippen LogP contribution in [0.5, 0.6) is 0 Å². The second-order valence-electron chi connectivity index (χ2n) is 4.80. The summed E-state index contributed by atoms with van der Waals surface area (Å²) in [6.45, 7) is 2.76. The predicted molar refractivity (Wildman–Crippen MR) is 59.3 cm³/mol. The van der Waals surface area contributed by atoms with Crippen LogP contribution in [0.3, 0.4) is 0 Å². The molecule has 4 heteroatoms. The van der Waals surface area contributed by atoms with Gasteiger partial charge in [0.05, 0.1) is 6.61 Å².